The molecular formula is C19H13ClN2O2. The number of furan rings is 1. The SMILES string of the molecule is O=C(Cc1coc2ccc3ccccc3c12)Nc1ccc(Cl)cn1. The highest BCUT2D eigenvalue weighted by molar-refractivity contribution is 6.30. The molecule has 0 bridgehead atoms. The quantitative estimate of drug-likeness (QED) is 0.583. The van der Waals surface area contributed by atoms with E-state index >= 15 is 0 Å². The lowest BCUT2D eigenvalue weighted by Gasteiger charge is -2.04. The number of halogens is 1. The Labute approximate surface area is 143 Å². The zero-order valence-electron chi connectivity index (χ0n) is 12.6. The largest absolute Gasteiger partial charge is 0.464 e. The Bertz CT molecular complexity index is 1040. The van der Waals surface area contributed by atoms with Crippen LogP contribution < -0.4 is 5.32 Å². The minimum atomic E-state index is -0.152. The lowest BCUT2D eigenvalue weighted by Crippen LogP contribution is -2.15. The number of fused-ring (bicyclic) bond motifs is 3. The monoisotopic (exact) mass is 336 g/mol. The molecule has 2 aromatic heterocycles. The molecule has 5 heteroatoms. The van der Waals surface area contributed by atoms with Gasteiger partial charge in [-0.05, 0) is 29.0 Å². The van der Waals surface area contributed by atoms with E-state index in [1.807, 2.05) is 36.4 Å². The van der Waals surface area contributed by atoms with Gasteiger partial charge in [0.25, 0.3) is 0 Å². The van der Waals surface area contributed by atoms with Crippen LogP contribution in [0.25, 0.3) is 21.7 Å². The van der Waals surface area contributed by atoms with Gasteiger partial charge in [-0.15, -0.1) is 0 Å². The number of carbonyl (C=O) groups excluding carboxylic acids is 1. The van der Waals surface area contributed by atoms with Crippen molar-refractivity contribution < 1.29 is 9.21 Å². The van der Waals surface area contributed by atoms with Gasteiger partial charge < -0.3 is 9.73 Å². The van der Waals surface area contributed by atoms with Gasteiger partial charge in [0, 0.05) is 17.1 Å². The van der Waals surface area contributed by atoms with Crippen molar-refractivity contribution in [3.63, 3.8) is 0 Å². The zero-order valence-corrected chi connectivity index (χ0v) is 13.4. The zero-order chi connectivity index (χ0) is 16.5. The van der Waals surface area contributed by atoms with Gasteiger partial charge in [-0.2, -0.15) is 0 Å². The molecule has 0 fully saturated rings. The topological polar surface area (TPSA) is 55.1 Å². The van der Waals surface area contributed by atoms with Crippen LogP contribution in [0.3, 0.4) is 0 Å². The summed E-state index contributed by atoms with van der Waals surface area (Å²) >= 11 is 5.80. The minimum absolute atomic E-state index is 0.152. The predicted molar refractivity (Wildman–Crippen MR) is 95.3 cm³/mol. The van der Waals surface area contributed by atoms with E-state index in [0.29, 0.717) is 10.8 Å². The fraction of sp³-hybridized carbons (Fsp3) is 0.0526. The number of pyridine rings is 1. The average molecular weight is 337 g/mol. The highest BCUT2D eigenvalue weighted by Crippen LogP contribution is 2.30. The molecule has 4 aromatic rings. The maximum atomic E-state index is 12.3. The van der Waals surface area contributed by atoms with E-state index in [9.17, 15) is 4.79 Å². The van der Waals surface area contributed by atoms with Crippen LogP contribution in [0.15, 0.2) is 65.4 Å². The number of carbonyl (C=O) groups is 1. The molecule has 0 radical (unpaired) electrons. The van der Waals surface area contributed by atoms with E-state index in [0.717, 1.165) is 27.3 Å². The van der Waals surface area contributed by atoms with E-state index in [2.05, 4.69) is 10.3 Å². The first-order valence-corrected chi connectivity index (χ1v) is 7.88. The smallest absolute Gasteiger partial charge is 0.230 e. The summed E-state index contributed by atoms with van der Waals surface area (Å²) in [5.74, 6) is 0.322. The van der Waals surface area contributed by atoms with Gasteiger partial charge in [0.2, 0.25) is 5.91 Å². The summed E-state index contributed by atoms with van der Waals surface area (Å²) < 4.78 is 5.61. The van der Waals surface area contributed by atoms with Crippen LogP contribution >= 0.6 is 11.6 Å². The standard InChI is InChI=1S/C19H13ClN2O2/c20-14-6-8-17(21-10-14)22-18(23)9-13-11-24-16-7-5-12-3-1-2-4-15(12)19(13)16/h1-8,10-11H,9H2,(H,21,22,23). The Morgan fingerprint density at radius 1 is 1.12 bits per heavy atom. The third-order valence-electron chi connectivity index (χ3n) is 3.89. The van der Waals surface area contributed by atoms with Crippen LogP contribution in [0, 0.1) is 0 Å². The second kappa shape index (κ2) is 5.98. The molecule has 118 valence electrons. The molecule has 1 N–H and O–H groups in total. The molecular weight excluding hydrogens is 324 g/mol. The molecule has 0 aliphatic rings. The van der Waals surface area contributed by atoms with Crippen molar-refractivity contribution >= 4 is 45.1 Å². The van der Waals surface area contributed by atoms with Gasteiger partial charge in [-0.25, -0.2) is 4.98 Å². The molecule has 24 heavy (non-hydrogen) atoms. The Kier molecular flexibility index (Phi) is 3.67. The highest BCUT2D eigenvalue weighted by atomic mass is 35.5. The summed E-state index contributed by atoms with van der Waals surface area (Å²) in [6, 6.07) is 15.4. The van der Waals surface area contributed by atoms with E-state index in [-0.39, 0.29) is 12.3 Å². The van der Waals surface area contributed by atoms with Gasteiger partial charge in [-0.3, -0.25) is 4.79 Å². The Morgan fingerprint density at radius 2 is 2.00 bits per heavy atom. The molecule has 0 atom stereocenters. The number of benzene rings is 2. The maximum absolute atomic E-state index is 12.3. The molecule has 0 unspecified atom stereocenters. The van der Waals surface area contributed by atoms with E-state index in [1.165, 1.54) is 6.20 Å². The lowest BCUT2D eigenvalue weighted by molar-refractivity contribution is -0.115. The normalized spacial score (nSPS) is 11.0. The Morgan fingerprint density at radius 3 is 2.83 bits per heavy atom. The fourth-order valence-corrected chi connectivity index (χ4v) is 2.93. The third kappa shape index (κ3) is 2.72. The molecule has 0 spiro atoms. The van der Waals surface area contributed by atoms with Crippen molar-refractivity contribution in [1.29, 1.82) is 0 Å². The van der Waals surface area contributed by atoms with Crippen LogP contribution in [0.2, 0.25) is 5.02 Å². The molecule has 0 aliphatic carbocycles. The van der Waals surface area contributed by atoms with Gasteiger partial charge in [0.1, 0.15) is 11.4 Å². The lowest BCUT2D eigenvalue weighted by atomic mass is 10.0. The number of nitrogens with one attached hydrogen (secondary N) is 1. The summed E-state index contributed by atoms with van der Waals surface area (Å²) in [4.78, 5) is 16.4. The van der Waals surface area contributed by atoms with Gasteiger partial charge in [0.15, 0.2) is 0 Å². The Balaban J connectivity index is 1.65. The molecule has 4 nitrogen and oxygen atoms in total. The van der Waals surface area contributed by atoms with Gasteiger partial charge in [-0.1, -0.05) is 41.9 Å². The van der Waals surface area contributed by atoms with Gasteiger partial charge in [0.05, 0.1) is 17.7 Å². The van der Waals surface area contributed by atoms with Crippen molar-refractivity contribution in [2.24, 2.45) is 0 Å². The number of hydrogen-bond acceptors (Lipinski definition) is 3. The molecule has 0 saturated heterocycles. The predicted octanol–water partition coefficient (Wildman–Crippen LogP) is 4.82. The van der Waals surface area contributed by atoms with E-state index in [1.54, 1.807) is 18.4 Å². The second-order valence-corrected chi connectivity index (χ2v) is 5.94. The first kappa shape index (κ1) is 14.7. The average Bonchev–Trinajstić information content (AvgIpc) is 3.00. The summed E-state index contributed by atoms with van der Waals surface area (Å²) in [6.07, 6.45) is 3.36. The number of rotatable bonds is 3. The summed E-state index contributed by atoms with van der Waals surface area (Å²) in [7, 11) is 0. The number of aromatic nitrogens is 1. The first-order chi connectivity index (χ1) is 11.7. The minimum Gasteiger partial charge on any atom is -0.464 e. The van der Waals surface area contributed by atoms with Crippen LogP contribution in [-0.4, -0.2) is 10.9 Å². The van der Waals surface area contributed by atoms with E-state index in [4.69, 9.17) is 16.0 Å². The first-order valence-electron chi connectivity index (χ1n) is 7.50. The number of amides is 1. The summed E-state index contributed by atoms with van der Waals surface area (Å²) in [5.41, 5.74) is 1.63. The summed E-state index contributed by atoms with van der Waals surface area (Å²) in [6.45, 7) is 0. The van der Waals surface area contributed by atoms with Crippen LogP contribution in [0.1, 0.15) is 5.56 Å². The van der Waals surface area contributed by atoms with Crippen molar-refractivity contribution in [2.75, 3.05) is 5.32 Å². The molecule has 1 amide bonds. The number of anilines is 1. The summed E-state index contributed by atoms with van der Waals surface area (Å²) in [5, 5.41) is 6.47. The van der Waals surface area contributed by atoms with Crippen molar-refractivity contribution in [1.82, 2.24) is 4.98 Å². The molecule has 0 aliphatic heterocycles. The Hall–Kier alpha value is -2.85. The molecule has 4 rings (SSSR count). The third-order valence-corrected chi connectivity index (χ3v) is 4.11. The van der Waals surface area contributed by atoms with Crippen LogP contribution in [0.5, 0.6) is 0 Å². The van der Waals surface area contributed by atoms with Gasteiger partial charge >= 0.3 is 0 Å². The fourth-order valence-electron chi connectivity index (χ4n) is 2.81. The van der Waals surface area contributed by atoms with Crippen LogP contribution in [-0.2, 0) is 11.2 Å². The van der Waals surface area contributed by atoms with E-state index < -0.39 is 0 Å². The molecule has 2 heterocycles. The number of nitrogens with zero attached hydrogens (tertiary/aromatic N) is 1. The number of hydrogen-bond donors (Lipinski definition) is 1. The highest BCUT2D eigenvalue weighted by Gasteiger charge is 2.13. The molecule has 2 aromatic carbocycles. The van der Waals surface area contributed by atoms with Crippen molar-refractivity contribution in [3.8, 4) is 0 Å². The second-order valence-electron chi connectivity index (χ2n) is 5.51. The molecule has 0 saturated carbocycles. The van der Waals surface area contributed by atoms with Crippen molar-refractivity contribution in [3.05, 3.63) is 71.6 Å². The van der Waals surface area contributed by atoms with Crippen LogP contribution in [0.4, 0.5) is 5.82 Å². The maximum Gasteiger partial charge on any atom is 0.230 e. The van der Waals surface area contributed by atoms with Crippen molar-refractivity contribution in [2.45, 2.75) is 6.42 Å².